The molecule has 0 spiro atoms. The van der Waals surface area contributed by atoms with Crippen LogP contribution >= 0.6 is 0 Å². The Morgan fingerprint density at radius 3 is 1.14 bits per heavy atom. The van der Waals surface area contributed by atoms with Gasteiger partial charge in [0, 0.05) is 26.2 Å². The molecule has 0 aliphatic rings. The molecule has 0 amide bonds. The van der Waals surface area contributed by atoms with E-state index in [0.717, 1.165) is 4.90 Å². The number of hydrogen-bond donors (Lipinski definition) is 3. The molecule has 0 aliphatic carbocycles. The molecule has 8 heteroatoms. The SMILES string of the molecule is O=C(O)CN(CC(=O)O)CC(=O)O.[Bi]. The van der Waals surface area contributed by atoms with Crippen LogP contribution in [-0.4, -0.2) is 84.0 Å². The number of hydrogen-bond acceptors (Lipinski definition) is 4. The van der Waals surface area contributed by atoms with Crippen LogP contribution in [0.4, 0.5) is 0 Å². The van der Waals surface area contributed by atoms with Gasteiger partial charge in [0.2, 0.25) is 0 Å². The van der Waals surface area contributed by atoms with E-state index in [2.05, 4.69) is 0 Å². The Bertz CT molecular complexity index is 192. The Morgan fingerprint density at radius 1 is 0.786 bits per heavy atom. The van der Waals surface area contributed by atoms with Crippen LogP contribution in [0.5, 0.6) is 0 Å². The molecule has 0 saturated carbocycles. The molecule has 0 unspecified atom stereocenters. The van der Waals surface area contributed by atoms with Crippen molar-refractivity contribution in [1.29, 1.82) is 0 Å². The van der Waals surface area contributed by atoms with E-state index in [9.17, 15) is 14.4 Å². The first-order valence-corrected chi connectivity index (χ1v) is 3.29. The molecule has 0 aromatic rings. The molecule has 0 aromatic carbocycles. The van der Waals surface area contributed by atoms with E-state index in [1.807, 2.05) is 0 Å². The summed E-state index contributed by atoms with van der Waals surface area (Å²) in [6.07, 6.45) is 0. The topological polar surface area (TPSA) is 115 Å². The smallest absolute Gasteiger partial charge is 0.317 e. The summed E-state index contributed by atoms with van der Waals surface area (Å²) in [5.74, 6) is -3.78. The minimum absolute atomic E-state index is 0. The molecular formula is C6H9BiNO6. The van der Waals surface area contributed by atoms with Gasteiger partial charge in [-0.3, -0.25) is 19.3 Å². The predicted molar refractivity (Wildman–Crippen MR) is 45.1 cm³/mol. The summed E-state index contributed by atoms with van der Waals surface area (Å²) in [6.45, 7) is -1.80. The van der Waals surface area contributed by atoms with Crippen molar-refractivity contribution in [2.75, 3.05) is 19.6 Å². The number of nitrogens with zero attached hydrogens (tertiary/aromatic N) is 1. The average Bonchev–Trinajstić information content (AvgIpc) is 1.80. The van der Waals surface area contributed by atoms with Crippen LogP contribution in [-0.2, 0) is 14.4 Å². The fraction of sp³-hybridized carbons (Fsp3) is 0.500. The van der Waals surface area contributed by atoms with Crippen molar-refractivity contribution in [3.8, 4) is 0 Å². The minimum atomic E-state index is -1.26. The summed E-state index contributed by atoms with van der Waals surface area (Å²) in [4.78, 5) is 31.2. The largest absolute Gasteiger partial charge is 0.480 e. The average molecular weight is 400 g/mol. The molecule has 0 atom stereocenters. The van der Waals surface area contributed by atoms with E-state index in [4.69, 9.17) is 15.3 Å². The van der Waals surface area contributed by atoms with Crippen molar-refractivity contribution in [2.45, 2.75) is 0 Å². The van der Waals surface area contributed by atoms with Crippen molar-refractivity contribution in [3.05, 3.63) is 0 Å². The molecule has 0 fully saturated rings. The number of rotatable bonds is 6. The maximum Gasteiger partial charge on any atom is 0.317 e. The van der Waals surface area contributed by atoms with Crippen molar-refractivity contribution < 1.29 is 29.7 Å². The molecule has 0 aliphatic heterocycles. The Labute approximate surface area is 98.4 Å². The summed E-state index contributed by atoms with van der Waals surface area (Å²) in [5, 5.41) is 24.8. The molecule has 0 rings (SSSR count). The number of carboxylic acids is 3. The van der Waals surface area contributed by atoms with Crippen LogP contribution in [0.1, 0.15) is 0 Å². The molecule has 0 heterocycles. The van der Waals surface area contributed by atoms with Crippen LogP contribution < -0.4 is 0 Å². The normalized spacial score (nSPS) is 9.21. The van der Waals surface area contributed by atoms with Gasteiger partial charge < -0.3 is 15.3 Å². The van der Waals surface area contributed by atoms with E-state index in [1.165, 1.54) is 0 Å². The molecule has 7 nitrogen and oxygen atoms in total. The van der Waals surface area contributed by atoms with Gasteiger partial charge in [0.15, 0.2) is 0 Å². The van der Waals surface area contributed by atoms with Crippen molar-refractivity contribution in [1.82, 2.24) is 4.90 Å². The Kier molecular flexibility index (Phi) is 8.57. The molecule has 3 N–H and O–H groups in total. The van der Waals surface area contributed by atoms with Crippen LogP contribution in [0.25, 0.3) is 0 Å². The van der Waals surface area contributed by atoms with E-state index in [-0.39, 0.29) is 26.2 Å². The third-order valence-electron chi connectivity index (χ3n) is 1.08. The number of carbonyl (C=O) groups is 3. The molecule has 14 heavy (non-hydrogen) atoms. The number of carboxylic acid groups (broad SMARTS) is 3. The van der Waals surface area contributed by atoms with Crippen LogP contribution in [0.2, 0.25) is 0 Å². The monoisotopic (exact) mass is 400 g/mol. The van der Waals surface area contributed by atoms with Crippen molar-refractivity contribution in [3.63, 3.8) is 0 Å². The van der Waals surface area contributed by atoms with Crippen LogP contribution in [0.15, 0.2) is 0 Å². The van der Waals surface area contributed by atoms with Crippen molar-refractivity contribution >= 4 is 44.1 Å². The van der Waals surface area contributed by atoms with Crippen LogP contribution in [0.3, 0.4) is 0 Å². The molecule has 0 aromatic heterocycles. The second kappa shape index (κ2) is 7.64. The standard InChI is InChI=1S/C6H9NO6.Bi/c8-4(9)1-7(2-5(10)11)3-6(12)13;/h1-3H2,(H,8,9)(H,10,11)(H,12,13);. The maximum absolute atomic E-state index is 10.1. The van der Waals surface area contributed by atoms with Gasteiger partial charge in [-0.2, -0.15) is 0 Å². The molecule has 0 bridgehead atoms. The summed E-state index contributed by atoms with van der Waals surface area (Å²) >= 11 is 0. The quantitative estimate of drug-likeness (QED) is 0.449. The zero-order chi connectivity index (χ0) is 10.4. The van der Waals surface area contributed by atoms with Crippen molar-refractivity contribution in [2.24, 2.45) is 0 Å². The second-order valence-corrected chi connectivity index (χ2v) is 2.33. The summed E-state index contributed by atoms with van der Waals surface area (Å²) in [7, 11) is 0. The van der Waals surface area contributed by atoms with Gasteiger partial charge >= 0.3 is 17.9 Å². The molecule has 3 radical (unpaired) electrons. The minimum Gasteiger partial charge on any atom is -0.480 e. The summed E-state index contributed by atoms with van der Waals surface area (Å²) < 4.78 is 0. The van der Waals surface area contributed by atoms with Gasteiger partial charge in [-0.25, -0.2) is 0 Å². The maximum atomic E-state index is 10.1. The molecule has 79 valence electrons. The van der Waals surface area contributed by atoms with Gasteiger partial charge in [-0.05, 0) is 0 Å². The predicted octanol–water partition coefficient (Wildman–Crippen LogP) is -1.84. The number of aliphatic carboxylic acids is 3. The Hall–Kier alpha value is -0.747. The second-order valence-electron chi connectivity index (χ2n) is 2.33. The van der Waals surface area contributed by atoms with Crippen LogP contribution in [0, 0.1) is 0 Å². The van der Waals surface area contributed by atoms with E-state index < -0.39 is 37.5 Å². The first-order valence-electron chi connectivity index (χ1n) is 3.29. The Balaban J connectivity index is 0. The fourth-order valence-corrected chi connectivity index (χ4v) is 0.742. The third kappa shape index (κ3) is 9.34. The van der Waals surface area contributed by atoms with Gasteiger partial charge in [-0.1, -0.05) is 0 Å². The first-order chi connectivity index (χ1) is 5.91. The zero-order valence-electron chi connectivity index (χ0n) is 7.08. The van der Waals surface area contributed by atoms with E-state index >= 15 is 0 Å². The fourth-order valence-electron chi connectivity index (χ4n) is 0.742. The third-order valence-corrected chi connectivity index (χ3v) is 1.08. The molecule has 0 saturated heterocycles. The first kappa shape index (κ1) is 15.7. The van der Waals surface area contributed by atoms with Gasteiger partial charge in [0.05, 0.1) is 19.6 Å². The molecular weight excluding hydrogens is 391 g/mol. The summed E-state index contributed by atoms with van der Waals surface area (Å²) in [5.41, 5.74) is 0. The van der Waals surface area contributed by atoms with Gasteiger partial charge in [0.25, 0.3) is 0 Å². The van der Waals surface area contributed by atoms with Gasteiger partial charge in [0.1, 0.15) is 0 Å². The van der Waals surface area contributed by atoms with E-state index in [1.54, 1.807) is 0 Å². The van der Waals surface area contributed by atoms with Gasteiger partial charge in [-0.15, -0.1) is 0 Å². The van der Waals surface area contributed by atoms with E-state index in [0.29, 0.717) is 0 Å². The summed E-state index contributed by atoms with van der Waals surface area (Å²) in [6, 6.07) is 0. The zero-order valence-corrected chi connectivity index (χ0v) is 10.6. The Morgan fingerprint density at radius 2 is 1.00 bits per heavy atom.